The van der Waals surface area contributed by atoms with Crippen LogP contribution in [0.25, 0.3) is 0 Å². The molecule has 0 aromatic heterocycles. The van der Waals surface area contributed by atoms with E-state index in [-0.39, 0.29) is 0 Å². The van der Waals surface area contributed by atoms with Gasteiger partial charge < -0.3 is 0 Å². The van der Waals surface area contributed by atoms with Crippen molar-refractivity contribution >= 4 is 11.8 Å². The Labute approximate surface area is 80.8 Å². The van der Waals surface area contributed by atoms with Gasteiger partial charge in [-0.3, -0.25) is 0 Å². The summed E-state index contributed by atoms with van der Waals surface area (Å²) in [6.07, 6.45) is 11.6. The lowest BCUT2D eigenvalue weighted by Crippen LogP contribution is -2.09. The van der Waals surface area contributed by atoms with Gasteiger partial charge in [0, 0.05) is 10.5 Å². The largest absolute Gasteiger partial charge is 0.151 e. The molecule has 0 N–H and O–H groups in total. The van der Waals surface area contributed by atoms with E-state index in [1.807, 2.05) is 0 Å². The van der Waals surface area contributed by atoms with Gasteiger partial charge in [-0.2, -0.15) is 11.8 Å². The Morgan fingerprint density at radius 3 is 2.92 bits per heavy atom. The zero-order valence-electron chi connectivity index (χ0n) is 8.25. The number of thioether (sulfide) groups is 1. The van der Waals surface area contributed by atoms with Crippen molar-refractivity contribution in [1.82, 2.24) is 0 Å². The highest BCUT2D eigenvalue weighted by Gasteiger charge is 2.13. The third-order valence-electron chi connectivity index (χ3n) is 2.32. The lowest BCUT2D eigenvalue weighted by atomic mass is 10.1. The summed E-state index contributed by atoms with van der Waals surface area (Å²) in [7, 11) is 0. The Hall–Kier alpha value is 0.0900. The number of rotatable bonds is 4. The summed E-state index contributed by atoms with van der Waals surface area (Å²) in [6, 6.07) is 0. The Bertz CT molecular complexity index is 140. The molecule has 12 heavy (non-hydrogen) atoms. The molecule has 0 saturated heterocycles. The lowest BCUT2D eigenvalue weighted by Gasteiger charge is -2.21. The molecule has 1 heterocycles. The lowest BCUT2D eigenvalue weighted by molar-refractivity contribution is 0.676. The Morgan fingerprint density at radius 1 is 1.42 bits per heavy atom. The van der Waals surface area contributed by atoms with Crippen molar-refractivity contribution in [3.05, 3.63) is 12.2 Å². The second-order valence-electron chi connectivity index (χ2n) is 3.64. The van der Waals surface area contributed by atoms with E-state index >= 15 is 0 Å². The molecule has 0 bridgehead atoms. The molecule has 1 heteroatoms. The molecule has 0 aliphatic carbocycles. The highest BCUT2D eigenvalue weighted by Crippen LogP contribution is 2.29. The summed E-state index contributed by atoms with van der Waals surface area (Å²) >= 11 is 2.15. The van der Waals surface area contributed by atoms with Crippen LogP contribution in [0, 0.1) is 0 Å². The van der Waals surface area contributed by atoms with E-state index in [1.165, 1.54) is 32.1 Å². The predicted octanol–water partition coefficient (Wildman–Crippen LogP) is 4.02. The second-order valence-corrected chi connectivity index (χ2v) is 5.33. The minimum atomic E-state index is 0.820. The molecule has 2 atom stereocenters. The van der Waals surface area contributed by atoms with E-state index in [9.17, 15) is 0 Å². The summed E-state index contributed by atoms with van der Waals surface area (Å²) in [5, 5.41) is 1.67. The third-order valence-corrected chi connectivity index (χ3v) is 3.72. The van der Waals surface area contributed by atoms with Crippen LogP contribution in [0.4, 0.5) is 0 Å². The highest BCUT2D eigenvalue weighted by atomic mass is 32.2. The quantitative estimate of drug-likeness (QED) is 0.470. The van der Waals surface area contributed by atoms with Crippen LogP contribution in [0.5, 0.6) is 0 Å². The van der Waals surface area contributed by atoms with Crippen molar-refractivity contribution in [3.8, 4) is 0 Å². The summed E-state index contributed by atoms with van der Waals surface area (Å²) in [4.78, 5) is 0. The second kappa shape index (κ2) is 5.69. The molecule has 0 radical (unpaired) electrons. The fourth-order valence-electron chi connectivity index (χ4n) is 1.58. The van der Waals surface area contributed by atoms with Gasteiger partial charge in [-0.25, -0.2) is 0 Å². The molecule has 0 aromatic carbocycles. The monoisotopic (exact) mass is 184 g/mol. The highest BCUT2D eigenvalue weighted by molar-refractivity contribution is 8.00. The maximum absolute atomic E-state index is 2.40. The van der Waals surface area contributed by atoms with Crippen molar-refractivity contribution in [3.63, 3.8) is 0 Å². The van der Waals surface area contributed by atoms with Gasteiger partial charge in [0.05, 0.1) is 0 Å². The molecule has 0 fully saturated rings. The maximum atomic E-state index is 2.40. The third kappa shape index (κ3) is 3.66. The van der Waals surface area contributed by atoms with Crippen LogP contribution in [-0.2, 0) is 0 Å². The minimum Gasteiger partial charge on any atom is -0.151 e. The van der Waals surface area contributed by atoms with E-state index in [0.29, 0.717) is 0 Å². The molecule has 1 aliphatic heterocycles. The number of allylic oxidation sites excluding steroid dienone is 1. The van der Waals surface area contributed by atoms with Gasteiger partial charge in [-0.05, 0) is 12.8 Å². The number of unbranched alkanes of at least 4 members (excludes halogenated alkanes) is 2. The van der Waals surface area contributed by atoms with Gasteiger partial charge in [0.25, 0.3) is 0 Å². The number of hydrogen-bond acceptors (Lipinski definition) is 1. The van der Waals surface area contributed by atoms with Crippen molar-refractivity contribution in [2.45, 2.75) is 56.5 Å². The summed E-state index contributed by atoms with van der Waals surface area (Å²) in [6.45, 7) is 4.60. The summed E-state index contributed by atoms with van der Waals surface area (Å²) in [5.74, 6) is 0. The minimum absolute atomic E-state index is 0.820. The Morgan fingerprint density at radius 2 is 2.25 bits per heavy atom. The van der Waals surface area contributed by atoms with Gasteiger partial charge in [-0.1, -0.05) is 45.3 Å². The molecular formula is C11H20S. The van der Waals surface area contributed by atoms with Gasteiger partial charge in [0.1, 0.15) is 0 Å². The molecule has 0 unspecified atom stereocenters. The predicted molar refractivity (Wildman–Crippen MR) is 58.7 cm³/mol. The van der Waals surface area contributed by atoms with Crippen LogP contribution >= 0.6 is 11.8 Å². The molecular weight excluding hydrogens is 164 g/mol. The fourth-order valence-corrected chi connectivity index (χ4v) is 2.90. The Kier molecular flexibility index (Phi) is 4.82. The smallest absolute Gasteiger partial charge is 0.0229 e. The molecule has 0 amide bonds. The topological polar surface area (TPSA) is 0 Å². The van der Waals surface area contributed by atoms with Crippen LogP contribution in [0.1, 0.15) is 46.0 Å². The number of hydrogen-bond donors (Lipinski definition) is 0. The van der Waals surface area contributed by atoms with E-state index in [1.54, 1.807) is 0 Å². The van der Waals surface area contributed by atoms with Crippen molar-refractivity contribution in [2.75, 3.05) is 0 Å². The zero-order chi connectivity index (χ0) is 8.81. The first-order valence-electron chi connectivity index (χ1n) is 5.15. The average molecular weight is 184 g/mol. The fraction of sp³-hybridized carbons (Fsp3) is 0.818. The van der Waals surface area contributed by atoms with Crippen LogP contribution in [0.15, 0.2) is 12.2 Å². The van der Waals surface area contributed by atoms with E-state index in [2.05, 4.69) is 37.8 Å². The van der Waals surface area contributed by atoms with Crippen molar-refractivity contribution in [2.24, 2.45) is 0 Å². The normalized spacial score (nSPS) is 29.2. The first-order valence-corrected chi connectivity index (χ1v) is 6.09. The molecule has 0 spiro atoms. The van der Waals surface area contributed by atoms with E-state index in [0.717, 1.165) is 10.5 Å². The average Bonchev–Trinajstić information content (AvgIpc) is 2.05. The van der Waals surface area contributed by atoms with Gasteiger partial charge in [-0.15, -0.1) is 0 Å². The van der Waals surface area contributed by atoms with Gasteiger partial charge >= 0.3 is 0 Å². The van der Waals surface area contributed by atoms with Crippen molar-refractivity contribution < 1.29 is 0 Å². The summed E-state index contributed by atoms with van der Waals surface area (Å²) < 4.78 is 0. The first kappa shape index (κ1) is 10.2. The summed E-state index contributed by atoms with van der Waals surface area (Å²) in [5.41, 5.74) is 0. The van der Waals surface area contributed by atoms with Crippen LogP contribution in [0.2, 0.25) is 0 Å². The molecule has 1 rings (SSSR count). The first-order chi connectivity index (χ1) is 5.83. The SMILES string of the molecule is CCCCC[C@@H]1C=CC[C@H](C)S1. The van der Waals surface area contributed by atoms with Gasteiger partial charge in [0.15, 0.2) is 0 Å². The van der Waals surface area contributed by atoms with E-state index < -0.39 is 0 Å². The molecule has 0 saturated carbocycles. The maximum Gasteiger partial charge on any atom is 0.0229 e. The molecule has 70 valence electrons. The zero-order valence-corrected chi connectivity index (χ0v) is 9.07. The molecule has 0 nitrogen and oxygen atoms in total. The van der Waals surface area contributed by atoms with Crippen LogP contribution < -0.4 is 0 Å². The standard InChI is InChI=1S/C11H20S/c1-3-4-5-8-11-9-6-7-10(2)12-11/h6,9-11H,3-5,7-8H2,1-2H3/t10-,11+/m0/s1. The Balaban J connectivity index is 2.14. The van der Waals surface area contributed by atoms with E-state index in [4.69, 9.17) is 0 Å². The van der Waals surface area contributed by atoms with Crippen LogP contribution in [0.3, 0.4) is 0 Å². The van der Waals surface area contributed by atoms with Crippen LogP contribution in [-0.4, -0.2) is 10.5 Å². The molecule has 1 aliphatic rings. The molecule has 0 aromatic rings. The van der Waals surface area contributed by atoms with Gasteiger partial charge in [0.2, 0.25) is 0 Å². The van der Waals surface area contributed by atoms with Crippen molar-refractivity contribution in [1.29, 1.82) is 0 Å².